The van der Waals surface area contributed by atoms with Crippen molar-refractivity contribution in [1.29, 1.82) is 0 Å². The summed E-state index contributed by atoms with van der Waals surface area (Å²) in [6, 6.07) is 7.24. The van der Waals surface area contributed by atoms with Crippen LogP contribution >= 0.6 is 0 Å². The highest BCUT2D eigenvalue weighted by molar-refractivity contribution is 7.86. The fourth-order valence-corrected chi connectivity index (χ4v) is 3.09. The van der Waals surface area contributed by atoms with E-state index in [9.17, 15) is 33.2 Å². The van der Waals surface area contributed by atoms with E-state index < -0.39 is 30.5 Å². The van der Waals surface area contributed by atoms with Gasteiger partial charge in [0.05, 0.1) is 22.1 Å². The van der Waals surface area contributed by atoms with Gasteiger partial charge in [-0.2, -0.15) is 8.42 Å². The lowest BCUT2D eigenvalue weighted by Gasteiger charge is -2.14. The summed E-state index contributed by atoms with van der Waals surface area (Å²) in [4.78, 5) is 19.5. The highest BCUT2D eigenvalue weighted by Crippen LogP contribution is 2.39. The minimum atomic E-state index is -5.01. The van der Waals surface area contributed by atoms with Crippen LogP contribution in [0.5, 0.6) is 0 Å². The molecule has 0 radical (unpaired) electrons. The molecule has 2 aromatic rings. The first-order valence-electron chi connectivity index (χ1n) is 7.30. The van der Waals surface area contributed by atoms with Gasteiger partial charge < -0.3 is 15.7 Å². The monoisotopic (exact) mass is 398 g/mol. The minimum absolute atomic E-state index is 0.0825. The second-order valence-corrected chi connectivity index (χ2v) is 6.51. The molecule has 0 aromatic heterocycles. The van der Waals surface area contributed by atoms with Crippen molar-refractivity contribution in [3.05, 3.63) is 56.6 Å². The lowest BCUT2D eigenvalue weighted by atomic mass is 10.2. The molecule has 0 amide bonds. The number of aliphatic hydroxyl groups excluding tert-OH is 1. The zero-order valence-electron chi connectivity index (χ0n) is 13.5. The van der Waals surface area contributed by atoms with Crippen LogP contribution in [0.1, 0.15) is 0 Å². The number of nitro groups is 2. The molecule has 4 N–H and O–H groups in total. The summed E-state index contributed by atoms with van der Waals surface area (Å²) in [5, 5.41) is 36.0. The zero-order chi connectivity index (χ0) is 20.2. The molecule has 0 saturated carbocycles. The molecule has 0 heterocycles. The van der Waals surface area contributed by atoms with Crippen molar-refractivity contribution in [3.8, 4) is 0 Å². The first-order chi connectivity index (χ1) is 12.6. The second kappa shape index (κ2) is 7.94. The van der Waals surface area contributed by atoms with E-state index in [1.54, 1.807) is 0 Å². The number of hydrogen-bond donors (Lipinski definition) is 4. The SMILES string of the molecule is O=[N+]([O-])c1ccc(Nc2ccc(NCCO)c([N+](=O)[O-])c2S(=O)(=O)O)cc1. The average Bonchev–Trinajstić information content (AvgIpc) is 2.59. The smallest absolute Gasteiger partial charge is 0.315 e. The molecule has 13 heteroatoms. The fraction of sp³-hybridized carbons (Fsp3) is 0.143. The lowest BCUT2D eigenvalue weighted by molar-refractivity contribution is -0.386. The zero-order valence-corrected chi connectivity index (χ0v) is 14.3. The average molecular weight is 398 g/mol. The second-order valence-electron chi connectivity index (χ2n) is 5.15. The van der Waals surface area contributed by atoms with Gasteiger partial charge in [-0.3, -0.25) is 24.8 Å². The Labute approximate surface area is 152 Å². The number of benzene rings is 2. The highest BCUT2D eigenvalue weighted by Gasteiger charge is 2.32. The molecule has 0 bridgehead atoms. The molecule has 2 aromatic carbocycles. The van der Waals surface area contributed by atoms with Gasteiger partial charge in [-0.1, -0.05) is 0 Å². The number of rotatable bonds is 8. The van der Waals surface area contributed by atoms with Gasteiger partial charge in [0.15, 0.2) is 4.90 Å². The molecule has 0 aliphatic heterocycles. The van der Waals surface area contributed by atoms with Crippen LogP contribution in [0.4, 0.5) is 28.4 Å². The Morgan fingerprint density at radius 1 is 0.963 bits per heavy atom. The number of nitro benzene ring substituents is 2. The van der Waals surface area contributed by atoms with Crippen molar-refractivity contribution in [2.45, 2.75) is 4.90 Å². The van der Waals surface area contributed by atoms with Crippen LogP contribution in [-0.4, -0.2) is 41.1 Å². The van der Waals surface area contributed by atoms with Crippen LogP contribution in [0.2, 0.25) is 0 Å². The molecule has 144 valence electrons. The minimum Gasteiger partial charge on any atom is -0.395 e. The standard InChI is InChI=1S/C14H14N4O8S/c19-8-7-15-11-5-6-12(14(27(24,25)26)13(11)18(22)23)16-9-1-3-10(4-2-9)17(20)21/h1-6,15-16,19H,7-8H2,(H,24,25,26). The fourth-order valence-electron chi connectivity index (χ4n) is 2.27. The molecule has 27 heavy (non-hydrogen) atoms. The van der Waals surface area contributed by atoms with E-state index in [1.807, 2.05) is 0 Å². The Morgan fingerprint density at radius 2 is 1.56 bits per heavy atom. The van der Waals surface area contributed by atoms with Gasteiger partial charge in [0.1, 0.15) is 5.69 Å². The first kappa shape index (κ1) is 20.0. The molecule has 0 unspecified atom stereocenters. The summed E-state index contributed by atoms with van der Waals surface area (Å²) in [5.74, 6) is 0. The number of nitrogens with zero attached hydrogens (tertiary/aromatic N) is 2. The Hall–Kier alpha value is -3.29. The van der Waals surface area contributed by atoms with Crippen molar-refractivity contribution in [1.82, 2.24) is 0 Å². The Kier molecular flexibility index (Phi) is 5.89. The van der Waals surface area contributed by atoms with Gasteiger partial charge in [-0.15, -0.1) is 0 Å². The number of anilines is 3. The third-order valence-corrected chi connectivity index (χ3v) is 4.29. The summed E-state index contributed by atoms with van der Waals surface area (Å²) in [6.07, 6.45) is 0. The Balaban J connectivity index is 2.57. The van der Waals surface area contributed by atoms with Crippen molar-refractivity contribution in [2.24, 2.45) is 0 Å². The molecule has 0 aliphatic rings. The topological polar surface area (TPSA) is 185 Å². The van der Waals surface area contributed by atoms with Gasteiger partial charge in [-0.25, -0.2) is 0 Å². The van der Waals surface area contributed by atoms with E-state index in [1.165, 1.54) is 24.3 Å². The van der Waals surface area contributed by atoms with E-state index >= 15 is 0 Å². The first-order valence-corrected chi connectivity index (χ1v) is 8.74. The van der Waals surface area contributed by atoms with Crippen molar-refractivity contribution >= 4 is 38.6 Å². The van der Waals surface area contributed by atoms with Crippen LogP contribution in [-0.2, 0) is 10.1 Å². The maximum absolute atomic E-state index is 11.8. The molecule has 0 aliphatic carbocycles. The predicted molar refractivity (Wildman–Crippen MR) is 94.9 cm³/mol. The largest absolute Gasteiger partial charge is 0.395 e. The van der Waals surface area contributed by atoms with E-state index in [-0.39, 0.29) is 35.9 Å². The van der Waals surface area contributed by atoms with Crippen molar-refractivity contribution in [2.75, 3.05) is 23.8 Å². The summed E-state index contributed by atoms with van der Waals surface area (Å²) < 4.78 is 33.1. The summed E-state index contributed by atoms with van der Waals surface area (Å²) in [7, 11) is -5.01. The van der Waals surface area contributed by atoms with Crippen LogP contribution < -0.4 is 10.6 Å². The molecule has 0 spiro atoms. The molecule has 2 rings (SSSR count). The number of aliphatic hydroxyl groups is 1. The van der Waals surface area contributed by atoms with E-state index in [4.69, 9.17) is 5.11 Å². The maximum Gasteiger partial charge on any atom is 0.315 e. The highest BCUT2D eigenvalue weighted by atomic mass is 32.2. The summed E-state index contributed by atoms with van der Waals surface area (Å²) in [5.41, 5.74) is -1.41. The van der Waals surface area contributed by atoms with E-state index in [0.29, 0.717) is 0 Å². The van der Waals surface area contributed by atoms with Crippen LogP contribution in [0.15, 0.2) is 41.3 Å². The van der Waals surface area contributed by atoms with Crippen LogP contribution in [0.3, 0.4) is 0 Å². The lowest BCUT2D eigenvalue weighted by Crippen LogP contribution is -2.12. The molecule has 12 nitrogen and oxygen atoms in total. The van der Waals surface area contributed by atoms with E-state index in [2.05, 4.69) is 10.6 Å². The van der Waals surface area contributed by atoms with Crippen molar-refractivity contribution in [3.63, 3.8) is 0 Å². The Bertz CT molecular complexity index is 975. The normalized spacial score (nSPS) is 11.0. The maximum atomic E-state index is 11.8. The van der Waals surface area contributed by atoms with Gasteiger partial charge >= 0.3 is 15.8 Å². The molecular weight excluding hydrogens is 384 g/mol. The summed E-state index contributed by atoms with van der Waals surface area (Å²) in [6.45, 7) is -0.442. The summed E-state index contributed by atoms with van der Waals surface area (Å²) >= 11 is 0. The number of nitrogens with one attached hydrogen (secondary N) is 2. The number of hydrogen-bond acceptors (Lipinski definition) is 9. The molecule has 0 atom stereocenters. The Morgan fingerprint density at radius 3 is 2.04 bits per heavy atom. The van der Waals surface area contributed by atoms with Crippen molar-refractivity contribution < 1.29 is 27.9 Å². The molecule has 0 fully saturated rings. The van der Waals surface area contributed by atoms with Crippen LogP contribution in [0.25, 0.3) is 0 Å². The van der Waals surface area contributed by atoms with Crippen LogP contribution in [0, 0.1) is 20.2 Å². The predicted octanol–water partition coefficient (Wildman–Crippen LogP) is 1.90. The third kappa shape index (κ3) is 4.66. The number of non-ortho nitro benzene ring substituents is 1. The quantitative estimate of drug-likeness (QED) is 0.291. The van der Waals surface area contributed by atoms with Gasteiger partial charge in [0.2, 0.25) is 0 Å². The third-order valence-electron chi connectivity index (χ3n) is 3.36. The molecule has 0 saturated heterocycles. The van der Waals surface area contributed by atoms with Gasteiger partial charge in [0, 0.05) is 24.4 Å². The molecular formula is C14H14N4O8S. The van der Waals surface area contributed by atoms with E-state index in [0.717, 1.165) is 12.1 Å². The van der Waals surface area contributed by atoms with Gasteiger partial charge in [0.25, 0.3) is 5.69 Å². The van der Waals surface area contributed by atoms with Gasteiger partial charge in [-0.05, 0) is 24.3 Å².